The van der Waals surface area contributed by atoms with Crippen molar-refractivity contribution < 1.29 is 19.4 Å². The van der Waals surface area contributed by atoms with Crippen LogP contribution in [0.15, 0.2) is 18.2 Å². The Morgan fingerprint density at radius 2 is 2.22 bits per heavy atom. The van der Waals surface area contributed by atoms with E-state index in [4.69, 9.17) is 9.84 Å². The Hall–Kier alpha value is -2.59. The van der Waals surface area contributed by atoms with Crippen molar-refractivity contribution in [3.8, 4) is 27.5 Å². The number of rotatable bonds is 5. The second-order valence-electron chi connectivity index (χ2n) is 5.29. The van der Waals surface area contributed by atoms with Crippen molar-refractivity contribution in [2.45, 2.75) is 20.8 Å². The molecular formula is C16H16N2O4S. The molecule has 1 aromatic carbocycles. The molecule has 0 spiro atoms. The summed E-state index contributed by atoms with van der Waals surface area (Å²) in [5.74, 6) is 0.888. The summed E-state index contributed by atoms with van der Waals surface area (Å²) in [6, 6.07) is 7.31. The van der Waals surface area contributed by atoms with E-state index < -0.39 is 6.16 Å². The fourth-order valence-corrected chi connectivity index (χ4v) is 2.72. The summed E-state index contributed by atoms with van der Waals surface area (Å²) in [7, 11) is 0. The third kappa shape index (κ3) is 4.20. The lowest BCUT2D eigenvalue weighted by molar-refractivity contribution is 0.145. The standard InChI is InChI=1S/C16H16N2O4S/c1-9(2)8-21-13-5-4-11(6-12(13)7-17)14-18-10(3)15(23-14)22-16(19)20/h4-6,9H,8H2,1-3H3,(H,19,20). The lowest BCUT2D eigenvalue weighted by Gasteiger charge is -2.10. The van der Waals surface area contributed by atoms with Crippen LogP contribution in [-0.4, -0.2) is 22.9 Å². The number of carboxylic acid groups (broad SMARTS) is 1. The van der Waals surface area contributed by atoms with E-state index in [9.17, 15) is 10.1 Å². The van der Waals surface area contributed by atoms with Crippen LogP contribution in [0.1, 0.15) is 25.1 Å². The normalized spacial score (nSPS) is 10.4. The van der Waals surface area contributed by atoms with Crippen LogP contribution in [0.3, 0.4) is 0 Å². The molecule has 6 nitrogen and oxygen atoms in total. The molecule has 120 valence electrons. The van der Waals surface area contributed by atoms with Gasteiger partial charge in [-0.05, 0) is 31.0 Å². The minimum Gasteiger partial charge on any atom is -0.492 e. The highest BCUT2D eigenvalue weighted by Gasteiger charge is 2.15. The van der Waals surface area contributed by atoms with E-state index in [-0.39, 0.29) is 5.06 Å². The average molecular weight is 332 g/mol. The molecule has 0 aliphatic heterocycles. The third-order valence-electron chi connectivity index (χ3n) is 2.85. The Bertz CT molecular complexity index is 762. The number of carbonyl (C=O) groups is 1. The van der Waals surface area contributed by atoms with Crippen molar-refractivity contribution in [2.75, 3.05) is 6.61 Å². The van der Waals surface area contributed by atoms with Crippen LogP contribution in [0.2, 0.25) is 0 Å². The average Bonchev–Trinajstić information content (AvgIpc) is 2.85. The van der Waals surface area contributed by atoms with Crippen LogP contribution in [-0.2, 0) is 0 Å². The maximum atomic E-state index is 10.6. The van der Waals surface area contributed by atoms with Crippen molar-refractivity contribution in [3.05, 3.63) is 29.5 Å². The number of ether oxygens (including phenoxy) is 2. The Kier molecular flexibility index (Phi) is 5.19. The zero-order valence-corrected chi connectivity index (χ0v) is 13.8. The van der Waals surface area contributed by atoms with E-state index in [2.05, 4.69) is 15.8 Å². The lowest BCUT2D eigenvalue weighted by atomic mass is 10.1. The summed E-state index contributed by atoms with van der Waals surface area (Å²) in [4.78, 5) is 14.9. The molecule has 0 aliphatic rings. The quantitative estimate of drug-likeness (QED) is 0.829. The minimum atomic E-state index is -1.38. The van der Waals surface area contributed by atoms with Crippen molar-refractivity contribution in [1.29, 1.82) is 5.26 Å². The Morgan fingerprint density at radius 1 is 1.48 bits per heavy atom. The molecule has 7 heteroatoms. The number of nitriles is 1. The monoisotopic (exact) mass is 332 g/mol. The first-order valence-electron chi connectivity index (χ1n) is 6.96. The van der Waals surface area contributed by atoms with Gasteiger partial charge in [0.25, 0.3) is 0 Å². The number of aryl methyl sites for hydroxylation is 1. The van der Waals surface area contributed by atoms with Gasteiger partial charge >= 0.3 is 6.16 Å². The van der Waals surface area contributed by atoms with E-state index in [1.165, 1.54) is 0 Å². The molecule has 0 radical (unpaired) electrons. The van der Waals surface area contributed by atoms with Gasteiger partial charge in [-0.25, -0.2) is 9.78 Å². The van der Waals surface area contributed by atoms with Gasteiger partial charge in [-0.1, -0.05) is 25.2 Å². The number of hydrogen-bond donors (Lipinski definition) is 1. The molecule has 0 saturated carbocycles. The Morgan fingerprint density at radius 3 is 2.83 bits per heavy atom. The molecule has 23 heavy (non-hydrogen) atoms. The second kappa shape index (κ2) is 7.11. The largest absolute Gasteiger partial charge is 0.512 e. The molecule has 0 amide bonds. The van der Waals surface area contributed by atoms with Gasteiger partial charge in [-0.15, -0.1) is 0 Å². The molecule has 2 aromatic rings. The molecule has 0 unspecified atom stereocenters. The topological polar surface area (TPSA) is 92.4 Å². The highest BCUT2D eigenvalue weighted by molar-refractivity contribution is 7.17. The lowest BCUT2D eigenvalue weighted by Crippen LogP contribution is -2.05. The molecule has 1 N–H and O–H groups in total. The number of hydrogen-bond acceptors (Lipinski definition) is 6. The van der Waals surface area contributed by atoms with E-state index in [0.29, 0.717) is 40.1 Å². The van der Waals surface area contributed by atoms with Crippen LogP contribution in [0.5, 0.6) is 10.8 Å². The predicted molar refractivity (Wildman–Crippen MR) is 86.0 cm³/mol. The zero-order valence-electron chi connectivity index (χ0n) is 13.0. The maximum Gasteiger partial charge on any atom is 0.512 e. The van der Waals surface area contributed by atoms with Crippen molar-refractivity contribution in [3.63, 3.8) is 0 Å². The fourth-order valence-electron chi connectivity index (χ4n) is 1.81. The Balaban J connectivity index is 2.30. The van der Waals surface area contributed by atoms with Crippen LogP contribution >= 0.6 is 11.3 Å². The number of aromatic nitrogens is 1. The minimum absolute atomic E-state index is 0.228. The van der Waals surface area contributed by atoms with Crippen LogP contribution in [0.4, 0.5) is 4.79 Å². The highest BCUT2D eigenvalue weighted by atomic mass is 32.1. The van der Waals surface area contributed by atoms with Gasteiger partial charge in [0.2, 0.25) is 5.06 Å². The number of thiazole rings is 1. The molecule has 1 aromatic heterocycles. The van der Waals surface area contributed by atoms with E-state index >= 15 is 0 Å². The maximum absolute atomic E-state index is 10.6. The molecule has 2 rings (SSSR count). The van der Waals surface area contributed by atoms with Gasteiger partial charge in [0.1, 0.15) is 16.8 Å². The van der Waals surface area contributed by atoms with E-state index in [0.717, 1.165) is 11.3 Å². The predicted octanol–water partition coefficient (Wildman–Crippen LogP) is 4.08. The molecule has 0 aliphatic carbocycles. The van der Waals surface area contributed by atoms with Crippen LogP contribution in [0, 0.1) is 24.2 Å². The summed E-state index contributed by atoms with van der Waals surface area (Å²) in [6.07, 6.45) is -1.38. The Labute approximate surface area is 137 Å². The van der Waals surface area contributed by atoms with Gasteiger partial charge in [0.05, 0.1) is 17.9 Å². The van der Waals surface area contributed by atoms with Gasteiger partial charge in [-0.3, -0.25) is 0 Å². The molecule has 0 fully saturated rings. The van der Waals surface area contributed by atoms with Gasteiger partial charge in [0, 0.05) is 5.56 Å². The second-order valence-corrected chi connectivity index (χ2v) is 6.25. The highest BCUT2D eigenvalue weighted by Crippen LogP contribution is 2.35. The first kappa shape index (κ1) is 16.8. The number of benzene rings is 1. The van der Waals surface area contributed by atoms with Crippen LogP contribution in [0.25, 0.3) is 10.6 Å². The van der Waals surface area contributed by atoms with Gasteiger partial charge in [-0.2, -0.15) is 5.26 Å². The summed E-state index contributed by atoms with van der Waals surface area (Å²) in [5, 5.41) is 18.8. The summed E-state index contributed by atoms with van der Waals surface area (Å²) < 4.78 is 10.3. The van der Waals surface area contributed by atoms with Gasteiger partial charge in [0.15, 0.2) is 0 Å². The van der Waals surface area contributed by atoms with Crippen molar-refractivity contribution >= 4 is 17.5 Å². The molecule has 1 heterocycles. The molecular weight excluding hydrogens is 316 g/mol. The zero-order chi connectivity index (χ0) is 17.0. The first-order chi connectivity index (χ1) is 10.9. The first-order valence-corrected chi connectivity index (χ1v) is 7.78. The van der Waals surface area contributed by atoms with Gasteiger partial charge < -0.3 is 14.6 Å². The third-order valence-corrected chi connectivity index (χ3v) is 3.94. The molecule has 0 saturated heterocycles. The van der Waals surface area contributed by atoms with Crippen molar-refractivity contribution in [2.24, 2.45) is 5.92 Å². The number of nitrogens with zero attached hydrogens (tertiary/aromatic N) is 2. The summed E-state index contributed by atoms with van der Waals surface area (Å²) in [6.45, 7) is 6.26. The van der Waals surface area contributed by atoms with Crippen molar-refractivity contribution in [1.82, 2.24) is 4.98 Å². The van der Waals surface area contributed by atoms with E-state index in [1.807, 2.05) is 13.8 Å². The summed E-state index contributed by atoms with van der Waals surface area (Å²) >= 11 is 1.12. The smallest absolute Gasteiger partial charge is 0.492 e. The van der Waals surface area contributed by atoms with Crippen LogP contribution < -0.4 is 9.47 Å². The molecule has 0 atom stereocenters. The summed E-state index contributed by atoms with van der Waals surface area (Å²) in [5.41, 5.74) is 1.62. The van der Waals surface area contributed by atoms with E-state index in [1.54, 1.807) is 25.1 Å². The SMILES string of the molecule is Cc1nc(-c2ccc(OCC(C)C)c(C#N)c2)sc1OC(=O)O. The fraction of sp³-hybridized carbons (Fsp3) is 0.312. The molecule has 0 bridgehead atoms.